The van der Waals surface area contributed by atoms with Gasteiger partial charge in [0.05, 0.1) is 7.11 Å². The highest BCUT2D eigenvalue weighted by molar-refractivity contribution is 5.86. The minimum absolute atomic E-state index is 0.164. The van der Waals surface area contributed by atoms with Crippen LogP contribution in [0, 0.1) is 0 Å². The Labute approximate surface area is 122 Å². The third-order valence-corrected chi connectivity index (χ3v) is 2.76. The lowest BCUT2D eigenvalue weighted by Crippen LogP contribution is -2.12. The lowest BCUT2D eigenvalue weighted by atomic mass is 10.3. The number of nitrogens with one attached hydrogen (secondary N) is 1. The normalized spacial score (nSPS) is 10.2. The van der Waals surface area contributed by atoms with E-state index in [9.17, 15) is 4.79 Å². The van der Waals surface area contributed by atoms with Crippen LogP contribution in [0.3, 0.4) is 0 Å². The second kappa shape index (κ2) is 7.35. The van der Waals surface area contributed by atoms with Gasteiger partial charge in [0.15, 0.2) is 0 Å². The van der Waals surface area contributed by atoms with Crippen LogP contribution in [-0.4, -0.2) is 26.2 Å². The van der Waals surface area contributed by atoms with E-state index in [4.69, 9.17) is 14.9 Å². The van der Waals surface area contributed by atoms with Gasteiger partial charge in [0.1, 0.15) is 18.1 Å². The van der Waals surface area contributed by atoms with Gasteiger partial charge in [0.2, 0.25) is 5.76 Å². The Morgan fingerprint density at radius 2 is 2.00 bits per heavy atom. The standard InChI is InChI=1S/C15H18N2O4/c1-19-15(18)14-7-6-13(21-14)10-20-12-4-2-11(3-5-12)17-9-8-16/h2-7,17H,8-10,16H2,1H3. The van der Waals surface area contributed by atoms with Gasteiger partial charge < -0.3 is 24.9 Å². The summed E-state index contributed by atoms with van der Waals surface area (Å²) < 4.78 is 15.5. The van der Waals surface area contributed by atoms with Crippen LogP contribution in [0.15, 0.2) is 40.8 Å². The van der Waals surface area contributed by atoms with Crippen molar-refractivity contribution in [3.05, 3.63) is 47.9 Å². The maximum Gasteiger partial charge on any atom is 0.373 e. The summed E-state index contributed by atoms with van der Waals surface area (Å²) in [7, 11) is 1.31. The van der Waals surface area contributed by atoms with E-state index < -0.39 is 5.97 Å². The van der Waals surface area contributed by atoms with Crippen LogP contribution in [0.2, 0.25) is 0 Å². The number of benzene rings is 1. The van der Waals surface area contributed by atoms with Crippen LogP contribution in [0.25, 0.3) is 0 Å². The fraction of sp³-hybridized carbons (Fsp3) is 0.267. The summed E-state index contributed by atoms with van der Waals surface area (Å²) in [6.45, 7) is 1.55. The van der Waals surface area contributed by atoms with E-state index in [-0.39, 0.29) is 12.4 Å². The summed E-state index contributed by atoms with van der Waals surface area (Å²) in [6.07, 6.45) is 0. The van der Waals surface area contributed by atoms with Crippen LogP contribution in [-0.2, 0) is 11.3 Å². The highest BCUT2D eigenvalue weighted by Crippen LogP contribution is 2.18. The molecule has 1 aromatic carbocycles. The summed E-state index contributed by atoms with van der Waals surface area (Å²) in [5.41, 5.74) is 6.41. The smallest absolute Gasteiger partial charge is 0.373 e. The van der Waals surface area contributed by atoms with E-state index >= 15 is 0 Å². The minimum atomic E-state index is -0.503. The zero-order chi connectivity index (χ0) is 15.1. The zero-order valence-electron chi connectivity index (χ0n) is 11.8. The topological polar surface area (TPSA) is 86.7 Å². The summed E-state index contributed by atoms with van der Waals surface area (Å²) in [6, 6.07) is 10.8. The molecule has 0 spiro atoms. The first-order valence-electron chi connectivity index (χ1n) is 6.56. The molecule has 0 saturated carbocycles. The average molecular weight is 290 g/mol. The van der Waals surface area contributed by atoms with Gasteiger partial charge in [-0.25, -0.2) is 4.79 Å². The number of carbonyl (C=O) groups excluding carboxylic acids is 1. The third kappa shape index (κ3) is 4.25. The van der Waals surface area contributed by atoms with Crippen LogP contribution in [0.4, 0.5) is 5.69 Å². The number of nitrogens with two attached hydrogens (primary N) is 1. The van der Waals surface area contributed by atoms with Crippen molar-refractivity contribution in [3.8, 4) is 5.75 Å². The van der Waals surface area contributed by atoms with E-state index in [1.165, 1.54) is 7.11 Å². The van der Waals surface area contributed by atoms with Crippen molar-refractivity contribution in [2.24, 2.45) is 5.73 Å². The first kappa shape index (κ1) is 14.9. The van der Waals surface area contributed by atoms with Gasteiger partial charge in [0.25, 0.3) is 0 Å². The van der Waals surface area contributed by atoms with Crippen molar-refractivity contribution < 1.29 is 18.7 Å². The van der Waals surface area contributed by atoms with Crippen LogP contribution in [0.1, 0.15) is 16.3 Å². The molecule has 0 bridgehead atoms. The van der Waals surface area contributed by atoms with E-state index in [0.29, 0.717) is 18.1 Å². The van der Waals surface area contributed by atoms with Crippen molar-refractivity contribution in [3.63, 3.8) is 0 Å². The largest absolute Gasteiger partial charge is 0.486 e. The molecule has 112 valence electrons. The molecule has 3 N–H and O–H groups in total. The van der Waals surface area contributed by atoms with Gasteiger partial charge in [-0.2, -0.15) is 0 Å². The molecule has 0 saturated heterocycles. The number of ether oxygens (including phenoxy) is 2. The number of rotatable bonds is 7. The highest BCUT2D eigenvalue weighted by atomic mass is 16.5. The predicted octanol–water partition coefficient (Wildman–Crippen LogP) is 2.02. The molecule has 1 aromatic heterocycles. The predicted molar refractivity (Wildman–Crippen MR) is 78.4 cm³/mol. The zero-order valence-corrected chi connectivity index (χ0v) is 11.8. The molecule has 0 unspecified atom stereocenters. The molecule has 1 heterocycles. The number of hydrogen-bond donors (Lipinski definition) is 2. The lowest BCUT2D eigenvalue weighted by Gasteiger charge is -2.07. The molecule has 0 atom stereocenters. The number of furan rings is 1. The van der Waals surface area contributed by atoms with Gasteiger partial charge in [-0.1, -0.05) is 0 Å². The molecular formula is C15H18N2O4. The van der Waals surface area contributed by atoms with E-state index in [1.54, 1.807) is 12.1 Å². The van der Waals surface area contributed by atoms with Gasteiger partial charge in [-0.15, -0.1) is 0 Å². The fourth-order valence-corrected chi connectivity index (χ4v) is 1.71. The number of carbonyl (C=O) groups is 1. The minimum Gasteiger partial charge on any atom is -0.486 e. The Morgan fingerprint density at radius 3 is 2.67 bits per heavy atom. The van der Waals surface area contributed by atoms with E-state index in [0.717, 1.165) is 12.2 Å². The third-order valence-electron chi connectivity index (χ3n) is 2.76. The second-order valence-corrected chi connectivity index (χ2v) is 4.29. The Morgan fingerprint density at radius 1 is 1.24 bits per heavy atom. The monoisotopic (exact) mass is 290 g/mol. The van der Waals surface area contributed by atoms with Crippen LogP contribution >= 0.6 is 0 Å². The summed E-state index contributed by atoms with van der Waals surface area (Å²) in [5.74, 6) is 0.930. The SMILES string of the molecule is COC(=O)c1ccc(COc2ccc(NCCN)cc2)o1. The molecule has 2 aromatic rings. The number of anilines is 1. The van der Waals surface area contributed by atoms with E-state index in [1.807, 2.05) is 24.3 Å². The molecule has 0 aliphatic carbocycles. The molecule has 0 aliphatic rings. The first-order chi connectivity index (χ1) is 10.2. The molecule has 0 aliphatic heterocycles. The van der Waals surface area contributed by atoms with Gasteiger partial charge in [-0.3, -0.25) is 0 Å². The molecule has 2 rings (SSSR count). The summed E-state index contributed by atoms with van der Waals surface area (Å²) in [5, 5.41) is 3.17. The number of esters is 1. The Kier molecular flexibility index (Phi) is 5.22. The summed E-state index contributed by atoms with van der Waals surface area (Å²) in [4.78, 5) is 11.3. The highest BCUT2D eigenvalue weighted by Gasteiger charge is 2.11. The molecule has 0 radical (unpaired) electrons. The second-order valence-electron chi connectivity index (χ2n) is 4.29. The van der Waals surface area contributed by atoms with Crippen molar-refractivity contribution in [1.82, 2.24) is 0 Å². The summed E-state index contributed by atoms with van der Waals surface area (Å²) >= 11 is 0. The van der Waals surface area contributed by atoms with Crippen molar-refractivity contribution in [2.45, 2.75) is 6.61 Å². The Bertz CT molecular complexity index is 578. The molecule has 6 nitrogen and oxygen atoms in total. The molecule has 6 heteroatoms. The molecule has 0 amide bonds. The van der Waals surface area contributed by atoms with Crippen molar-refractivity contribution >= 4 is 11.7 Å². The van der Waals surface area contributed by atoms with Gasteiger partial charge in [-0.05, 0) is 36.4 Å². The van der Waals surface area contributed by atoms with Crippen molar-refractivity contribution in [2.75, 3.05) is 25.5 Å². The Hall–Kier alpha value is -2.47. The van der Waals surface area contributed by atoms with Gasteiger partial charge >= 0.3 is 5.97 Å². The van der Waals surface area contributed by atoms with Gasteiger partial charge in [0, 0.05) is 18.8 Å². The molecule has 0 fully saturated rings. The quantitative estimate of drug-likeness (QED) is 0.759. The maximum atomic E-state index is 11.3. The maximum absolute atomic E-state index is 11.3. The van der Waals surface area contributed by atoms with Crippen LogP contribution < -0.4 is 15.8 Å². The molecule has 21 heavy (non-hydrogen) atoms. The number of methoxy groups -OCH3 is 1. The Balaban J connectivity index is 1.87. The van der Waals surface area contributed by atoms with E-state index in [2.05, 4.69) is 10.1 Å². The average Bonchev–Trinajstić information content (AvgIpc) is 3.00. The number of hydrogen-bond acceptors (Lipinski definition) is 6. The lowest BCUT2D eigenvalue weighted by molar-refractivity contribution is 0.0561. The fourth-order valence-electron chi connectivity index (χ4n) is 1.71. The van der Waals surface area contributed by atoms with Crippen LogP contribution in [0.5, 0.6) is 5.75 Å². The van der Waals surface area contributed by atoms with Crippen molar-refractivity contribution in [1.29, 1.82) is 0 Å². The first-order valence-corrected chi connectivity index (χ1v) is 6.56. The molecular weight excluding hydrogens is 272 g/mol.